The van der Waals surface area contributed by atoms with Crippen LogP contribution in [-0.4, -0.2) is 31.4 Å². The van der Waals surface area contributed by atoms with Gasteiger partial charge < -0.3 is 15.2 Å². The zero-order chi connectivity index (χ0) is 10.2. The maximum Gasteiger partial charge on any atom is 0.120 e. The lowest BCUT2D eigenvalue weighted by atomic mass is 10.3. The van der Waals surface area contributed by atoms with Crippen molar-refractivity contribution in [2.75, 3.05) is 26.3 Å². The Morgan fingerprint density at radius 1 is 1.36 bits per heavy atom. The van der Waals surface area contributed by atoms with Crippen molar-refractivity contribution < 1.29 is 9.84 Å². The van der Waals surface area contributed by atoms with Crippen LogP contribution in [0.1, 0.15) is 0 Å². The van der Waals surface area contributed by atoms with Gasteiger partial charge in [-0.15, -0.1) is 0 Å². The Labute approximate surface area is 92.2 Å². The van der Waals surface area contributed by atoms with Crippen molar-refractivity contribution in [1.82, 2.24) is 5.32 Å². The maximum absolute atomic E-state index is 8.51. The van der Waals surface area contributed by atoms with Crippen molar-refractivity contribution in [3.8, 4) is 5.75 Å². The zero-order valence-electron chi connectivity index (χ0n) is 7.87. The van der Waals surface area contributed by atoms with Crippen LogP contribution in [0.15, 0.2) is 28.7 Å². The second kappa shape index (κ2) is 6.81. The number of aliphatic hydroxyl groups excluding tert-OH is 1. The summed E-state index contributed by atoms with van der Waals surface area (Å²) in [6.45, 7) is 2.13. The Morgan fingerprint density at radius 2 is 2.21 bits per heavy atom. The number of ether oxygens (including phenoxy) is 1. The lowest BCUT2D eigenvalue weighted by Gasteiger charge is -2.06. The van der Waals surface area contributed by atoms with Crippen molar-refractivity contribution in [2.45, 2.75) is 0 Å². The van der Waals surface area contributed by atoms with Crippen molar-refractivity contribution in [3.05, 3.63) is 28.7 Å². The van der Waals surface area contributed by atoms with E-state index in [1.807, 2.05) is 24.3 Å². The van der Waals surface area contributed by atoms with Gasteiger partial charge in [-0.25, -0.2) is 0 Å². The molecule has 0 radical (unpaired) electrons. The third kappa shape index (κ3) is 4.60. The van der Waals surface area contributed by atoms with E-state index in [1.165, 1.54) is 0 Å². The molecule has 0 aliphatic heterocycles. The van der Waals surface area contributed by atoms with E-state index in [4.69, 9.17) is 9.84 Å². The normalized spacial score (nSPS) is 10.1. The lowest BCUT2D eigenvalue weighted by Crippen LogP contribution is -2.23. The molecule has 78 valence electrons. The van der Waals surface area contributed by atoms with Crippen LogP contribution in [0.2, 0.25) is 0 Å². The van der Waals surface area contributed by atoms with Crippen LogP contribution in [0.3, 0.4) is 0 Å². The average Bonchev–Trinajstić information content (AvgIpc) is 2.18. The number of nitrogens with one attached hydrogen (secondary N) is 1. The predicted molar refractivity (Wildman–Crippen MR) is 59.6 cm³/mol. The summed E-state index contributed by atoms with van der Waals surface area (Å²) in [6.07, 6.45) is 0. The van der Waals surface area contributed by atoms with Gasteiger partial charge in [0.1, 0.15) is 12.4 Å². The average molecular weight is 260 g/mol. The van der Waals surface area contributed by atoms with Gasteiger partial charge in [0, 0.05) is 17.6 Å². The van der Waals surface area contributed by atoms with Gasteiger partial charge in [0.15, 0.2) is 0 Å². The van der Waals surface area contributed by atoms with E-state index in [0.717, 1.165) is 16.8 Å². The quantitative estimate of drug-likeness (QED) is 0.760. The van der Waals surface area contributed by atoms with Crippen LogP contribution < -0.4 is 10.1 Å². The molecule has 0 heterocycles. The molecule has 0 saturated heterocycles. The number of halogens is 1. The molecule has 2 N–H and O–H groups in total. The molecule has 3 nitrogen and oxygen atoms in total. The summed E-state index contributed by atoms with van der Waals surface area (Å²) in [5.74, 6) is 0.852. The fraction of sp³-hybridized carbons (Fsp3) is 0.400. The topological polar surface area (TPSA) is 41.5 Å². The van der Waals surface area contributed by atoms with Gasteiger partial charge in [0.25, 0.3) is 0 Å². The molecule has 0 atom stereocenters. The molecule has 1 aromatic rings. The molecule has 0 aliphatic rings. The molecule has 0 amide bonds. The summed E-state index contributed by atoms with van der Waals surface area (Å²) in [5, 5.41) is 11.5. The lowest BCUT2D eigenvalue weighted by molar-refractivity contribution is 0.276. The molecule has 1 aromatic carbocycles. The van der Waals surface area contributed by atoms with E-state index >= 15 is 0 Å². The number of aliphatic hydroxyl groups is 1. The van der Waals surface area contributed by atoms with E-state index in [-0.39, 0.29) is 6.61 Å². The third-order valence-electron chi connectivity index (χ3n) is 1.63. The summed E-state index contributed by atoms with van der Waals surface area (Å²) < 4.78 is 6.47. The molecule has 0 aliphatic carbocycles. The van der Waals surface area contributed by atoms with Gasteiger partial charge in [-0.1, -0.05) is 22.0 Å². The molecule has 0 unspecified atom stereocenters. The molecule has 1 rings (SSSR count). The first-order chi connectivity index (χ1) is 6.83. The fourth-order valence-corrected chi connectivity index (χ4v) is 1.38. The zero-order valence-corrected chi connectivity index (χ0v) is 9.46. The highest BCUT2D eigenvalue weighted by Crippen LogP contribution is 2.17. The van der Waals surface area contributed by atoms with Gasteiger partial charge in [-0.3, -0.25) is 0 Å². The van der Waals surface area contributed by atoms with Crippen LogP contribution >= 0.6 is 15.9 Å². The Balaban J connectivity index is 2.18. The van der Waals surface area contributed by atoms with E-state index in [9.17, 15) is 0 Å². The number of hydrogen-bond donors (Lipinski definition) is 2. The third-order valence-corrected chi connectivity index (χ3v) is 2.13. The van der Waals surface area contributed by atoms with Crippen LogP contribution in [0, 0.1) is 0 Å². The Kier molecular flexibility index (Phi) is 5.59. The second-order valence-electron chi connectivity index (χ2n) is 2.78. The van der Waals surface area contributed by atoms with Crippen LogP contribution in [-0.2, 0) is 0 Å². The van der Waals surface area contributed by atoms with Crippen molar-refractivity contribution in [1.29, 1.82) is 0 Å². The van der Waals surface area contributed by atoms with E-state index < -0.39 is 0 Å². The SMILES string of the molecule is OCCNCCOc1cccc(Br)c1. The highest BCUT2D eigenvalue weighted by molar-refractivity contribution is 9.10. The molecule has 4 heteroatoms. The highest BCUT2D eigenvalue weighted by Gasteiger charge is 1.93. The molecule has 0 bridgehead atoms. The monoisotopic (exact) mass is 259 g/mol. The molecule has 0 fully saturated rings. The number of hydrogen-bond acceptors (Lipinski definition) is 3. The molecule has 0 spiro atoms. The number of rotatable bonds is 6. The molecular weight excluding hydrogens is 246 g/mol. The number of benzene rings is 1. The van der Waals surface area contributed by atoms with Crippen LogP contribution in [0.5, 0.6) is 5.75 Å². The minimum Gasteiger partial charge on any atom is -0.492 e. The van der Waals surface area contributed by atoms with E-state index in [1.54, 1.807) is 0 Å². The van der Waals surface area contributed by atoms with Gasteiger partial charge in [-0.05, 0) is 18.2 Å². The van der Waals surface area contributed by atoms with E-state index in [2.05, 4.69) is 21.2 Å². The second-order valence-corrected chi connectivity index (χ2v) is 3.70. The maximum atomic E-state index is 8.51. The van der Waals surface area contributed by atoms with Crippen molar-refractivity contribution >= 4 is 15.9 Å². The van der Waals surface area contributed by atoms with Crippen molar-refractivity contribution in [3.63, 3.8) is 0 Å². The first-order valence-corrected chi connectivity index (χ1v) is 5.32. The van der Waals surface area contributed by atoms with Crippen LogP contribution in [0.25, 0.3) is 0 Å². The van der Waals surface area contributed by atoms with Gasteiger partial charge in [-0.2, -0.15) is 0 Å². The van der Waals surface area contributed by atoms with E-state index in [0.29, 0.717) is 13.2 Å². The largest absolute Gasteiger partial charge is 0.492 e. The fourth-order valence-electron chi connectivity index (χ4n) is 1.00. The van der Waals surface area contributed by atoms with Crippen LogP contribution in [0.4, 0.5) is 0 Å². The Bertz CT molecular complexity index is 268. The summed E-state index contributed by atoms with van der Waals surface area (Å²) in [7, 11) is 0. The summed E-state index contributed by atoms with van der Waals surface area (Å²) >= 11 is 3.37. The summed E-state index contributed by atoms with van der Waals surface area (Å²) in [6, 6.07) is 7.72. The molecule has 0 saturated carbocycles. The first kappa shape index (κ1) is 11.5. The molecule has 14 heavy (non-hydrogen) atoms. The standard InChI is InChI=1S/C10H14BrNO2/c11-9-2-1-3-10(8-9)14-7-5-12-4-6-13/h1-3,8,12-13H,4-7H2. The molecule has 0 aromatic heterocycles. The minimum atomic E-state index is 0.164. The first-order valence-electron chi connectivity index (χ1n) is 4.53. The summed E-state index contributed by atoms with van der Waals surface area (Å²) in [5.41, 5.74) is 0. The van der Waals surface area contributed by atoms with Gasteiger partial charge in [0.2, 0.25) is 0 Å². The Hall–Kier alpha value is -0.580. The minimum absolute atomic E-state index is 0.164. The Morgan fingerprint density at radius 3 is 2.93 bits per heavy atom. The highest BCUT2D eigenvalue weighted by atomic mass is 79.9. The smallest absolute Gasteiger partial charge is 0.120 e. The summed E-state index contributed by atoms with van der Waals surface area (Å²) in [4.78, 5) is 0. The molecular formula is C10H14BrNO2. The van der Waals surface area contributed by atoms with Gasteiger partial charge in [0.05, 0.1) is 6.61 Å². The van der Waals surface area contributed by atoms with Gasteiger partial charge >= 0.3 is 0 Å². The van der Waals surface area contributed by atoms with Crippen molar-refractivity contribution in [2.24, 2.45) is 0 Å². The predicted octanol–water partition coefficient (Wildman–Crippen LogP) is 1.41.